The molecular formula is C24H29NO6. The Bertz CT molecular complexity index is 894. The van der Waals surface area contributed by atoms with Crippen molar-refractivity contribution in [2.24, 2.45) is 5.41 Å². The summed E-state index contributed by atoms with van der Waals surface area (Å²) in [5.41, 5.74) is 0.989. The summed E-state index contributed by atoms with van der Waals surface area (Å²) in [4.78, 5) is 37.3. The Morgan fingerprint density at radius 3 is 2.26 bits per heavy atom. The zero-order chi connectivity index (χ0) is 22.9. The fourth-order valence-electron chi connectivity index (χ4n) is 2.87. The van der Waals surface area contributed by atoms with E-state index < -0.39 is 29.6 Å². The van der Waals surface area contributed by atoms with E-state index in [2.05, 4.69) is 5.32 Å². The van der Waals surface area contributed by atoms with Crippen LogP contribution in [0, 0.1) is 12.3 Å². The number of carbonyl (C=O) groups is 3. The van der Waals surface area contributed by atoms with E-state index in [0.717, 1.165) is 11.1 Å². The second-order valence-electron chi connectivity index (χ2n) is 7.76. The van der Waals surface area contributed by atoms with Crippen LogP contribution in [0.25, 0.3) is 0 Å². The molecule has 0 aliphatic carbocycles. The van der Waals surface area contributed by atoms with E-state index in [4.69, 9.17) is 14.2 Å². The Morgan fingerprint density at radius 2 is 1.61 bits per heavy atom. The molecule has 31 heavy (non-hydrogen) atoms. The molecule has 0 aliphatic heterocycles. The van der Waals surface area contributed by atoms with Gasteiger partial charge in [0.15, 0.2) is 0 Å². The van der Waals surface area contributed by atoms with E-state index in [9.17, 15) is 14.4 Å². The maximum Gasteiger partial charge on any atom is 0.407 e. The van der Waals surface area contributed by atoms with Crippen LogP contribution in [0.1, 0.15) is 42.3 Å². The number of hydrogen-bond acceptors (Lipinski definition) is 6. The first-order valence-electron chi connectivity index (χ1n) is 10.1. The van der Waals surface area contributed by atoms with Crippen molar-refractivity contribution in [2.45, 2.75) is 40.3 Å². The molecule has 1 N–H and O–H groups in total. The third kappa shape index (κ3) is 7.13. The van der Waals surface area contributed by atoms with Gasteiger partial charge in [0.25, 0.3) is 0 Å². The SMILES string of the molecule is CCOC(=O)[C@@H](OC(=O)c1ccccc1C)C(C)(C)COC(=O)NCc1ccccc1. The summed E-state index contributed by atoms with van der Waals surface area (Å²) >= 11 is 0. The molecule has 0 radical (unpaired) electrons. The molecule has 0 heterocycles. The van der Waals surface area contributed by atoms with Crippen LogP contribution < -0.4 is 5.32 Å². The molecule has 2 aromatic rings. The summed E-state index contributed by atoms with van der Waals surface area (Å²) in [7, 11) is 0. The van der Waals surface area contributed by atoms with Gasteiger partial charge in [-0.05, 0) is 31.0 Å². The molecular weight excluding hydrogens is 398 g/mol. The van der Waals surface area contributed by atoms with Crippen molar-refractivity contribution in [1.29, 1.82) is 0 Å². The van der Waals surface area contributed by atoms with Gasteiger partial charge in [0.2, 0.25) is 6.10 Å². The highest BCUT2D eigenvalue weighted by Crippen LogP contribution is 2.27. The molecule has 166 valence electrons. The summed E-state index contributed by atoms with van der Waals surface area (Å²) < 4.78 is 15.9. The van der Waals surface area contributed by atoms with Crippen LogP contribution in [0.2, 0.25) is 0 Å². The standard InChI is InChI=1S/C24H29NO6/c1-5-29-22(27)20(31-21(26)19-14-10-9-11-17(19)2)24(3,4)16-30-23(28)25-15-18-12-7-6-8-13-18/h6-14,20H,5,15-16H2,1-4H3,(H,25,28)/t20-/m1/s1. The van der Waals surface area contributed by atoms with E-state index in [0.29, 0.717) is 12.1 Å². The lowest BCUT2D eigenvalue weighted by molar-refractivity contribution is -0.162. The lowest BCUT2D eigenvalue weighted by Gasteiger charge is -2.31. The van der Waals surface area contributed by atoms with Crippen LogP contribution in [0.3, 0.4) is 0 Å². The van der Waals surface area contributed by atoms with Gasteiger partial charge in [0.05, 0.1) is 12.2 Å². The summed E-state index contributed by atoms with van der Waals surface area (Å²) in [6, 6.07) is 16.3. The zero-order valence-electron chi connectivity index (χ0n) is 18.3. The number of esters is 2. The lowest BCUT2D eigenvalue weighted by atomic mass is 9.87. The van der Waals surface area contributed by atoms with E-state index >= 15 is 0 Å². The van der Waals surface area contributed by atoms with Crippen molar-refractivity contribution in [2.75, 3.05) is 13.2 Å². The normalized spacial score (nSPS) is 11.9. The van der Waals surface area contributed by atoms with Crippen LogP contribution in [0.4, 0.5) is 4.79 Å². The Kier molecular flexibility index (Phi) is 8.61. The molecule has 0 fully saturated rings. The third-order valence-electron chi connectivity index (χ3n) is 4.66. The highest BCUT2D eigenvalue weighted by molar-refractivity contribution is 5.93. The van der Waals surface area contributed by atoms with E-state index in [1.165, 1.54) is 0 Å². The smallest absolute Gasteiger partial charge is 0.407 e. The molecule has 0 unspecified atom stereocenters. The largest absolute Gasteiger partial charge is 0.463 e. The second-order valence-corrected chi connectivity index (χ2v) is 7.76. The number of alkyl carbamates (subject to hydrolysis) is 1. The molecule has 0 saturated carbocycles. The molecule has 0 aromatic heterocycles. The van der Waals surface area contributed by atoms with Crippen LogP contribution in [-0.4, -0.2) is 37.3 Å². The number of rotatable bonds is 9. The maximum absolute atomic E-state index is 12.7. The summed E-state index contributed by atoms with van der Waals surface area (Å²) in [5.74, 6) is -1.33. The Balaban J connectivity index is 2.03. The Labute approximate surface area is 182 Å². The van der Waals surface area contributed by atoms with Gasteiger partial charge in [-0.1, -0.05) is 62.4 Å². The van der Waals surface area contributed by atoms with Gasteiger partial charge in [0, 0.05) is 12.0 Å². The van der Waals surface area contributed by atoms with Gasteiger partial charge in [-0.25, -0.2) is 14.4 Å². The number of benzene rings is 2. The first-order valence-corrected chi connectivity index (χ1v) is 10.1. The van der Waals surface area contributed by atoms with E-state index in [1.54, 1.807) is 52.0 Å². The van der Waals surface area contributed by atoms with Crippen molar-refractivity contribution >= 4 is 18.0 Å². The third-order valence-corrected chi connectivity index (χ3v) is 4.66. The van der Waals surface area contributed by atoms with E-state index in [-0.39, 0.29) is 13.2 Å². The first-order chi connectivity index (χ1) is 14.7. The van der Waals surface area contributed by atoms with Gasteiger partial charge in [-0.2, -0.15) is 0 Å². The van der Waals surface area contributed by atoms with Gasteiger partial charge in [0.1, 0.15) is 6.61 Å². The van der Waals surface area contributed by atoms with E-state index in [1.807, 2.05) is 30.3 Å². The average Bonchev–Trinajstić information content (AvgIpc) is 2.75. The molecule has 7 nitrogen and oxygen atoms in total. The monoisotopic (exact) mass is 427 g/mol. The van der Waals surface area contributed by atoms with Crippen molar-refractivity contribution in [3.63, 3.8) is 0 Å². The van der Waals surface area contributed by atoms with Crippen molar-refractivity contribution in [1.82, 2.24) is 5.32 Å². The molecule has 0 aliphatic rings. The zero-order valence-corrected chi connectivity index (χ0v) is 18.3. The molecule has 2 aromatic carbocycles. The fraction of sp³-hybridized carbons (Fsp3) is 0.375. The summed E-state index contributed by atoms with van der Waals surface area (Å²) in [6.07, 6.45) is -1.88. The highest BCUT2D eigenvalue weighted by atomic mass is 16.6. The second kappa shape index (κ2) is 11.2. The molecule has 0 spiro atoms. The summed E-state index contributed by atoms with van der Waals surface area (Å²) in [6.45, 7) is 7.07. The number of aryl methyl sites for hydroxylation is 1. The van der Waals surface area contributed by atoms with Crippen LogP contribution >= 0.6 is 0 Å². The lowest BCUT2D eigenvalue weighted by Crippen LogP contribution is -2.45. The minimum Gasteiger partial charge on any atom is -0.463 e. The van der Waals surface area contributed by atoms with Gasteiger partial charge in [-0.3, -0.25) is 0 Å². The van der Waals surface area contributed by atoms with Gasteiger partial charge in [-0.15, -0.1) is 0 Å². The number of nitrogens with one attached hydrogen (secondary N) is 1. The number of carbonyl (C=O) groups excluding carboxylic acids is 3. The molecule has 0 bridgehead atoms. The fourth-order valence-corrected chi connectivity index (χ4v) is 2.87. The molecule has 2 rings (SSSR count). The molecule has 1 atom stereocenters. The Morgan fingerprint density at radius 1 is 0.968 bits per heavy atom. The van der Waals surface area contributed by atoms with Gasteiger partial charge >= 0.3 is 18.0 Å². The molecule has 1 amide bonds. The molecule has 7 heteroatoms. The maximum atomic E-state index is 12.7. The van der Waals surface area contributed by atoms with Crippen molar-refractivity contribution in [3.8, 4) is 0 Å². The number of amides is 1. The average molecular weight is 427 g/mol. The predicted molar refractivity (Wildman–Crippen MR) is 115 cm³/mol. The van der Waals surface area contributed by atoms with Crippen molar-refractivity contribution in [3.05, 3.63) is 71.3 Å². The number of hydrogen-bond donors (Lipinski definition) is 1. The summed E-state index contributed by atoms with van der Waals surface area (Å²) in [5, 5.41) is 2.65. The molecule has 0 saturated heterocycles. The van der Waals surface area contributed by atoms with Crippen LogP contribution in [0.15, 0.2) is 54.6 Å². The quantitative estimate of drug-likeness (QED) is 0.480. The Hall–Kier alpha value is -3.35. The minimum absolute atomic E-state index is 0.131. The number of ether oxygens (including phenoxy) is 3. The minimum atomic E-state index is -1.25. The highest BCUT2D eigenvalue weighted by Gasteiger charge is 2.41. The first kappa shape index (κ1) is 23.9. The topological polar surface area (TPSA) is 90.9 Å². The predicted octanol–water partition coefficient (Wildman–Crippen LogP) is 4.04. The van der Waals surface area contributed by atoms with Crippen LogP contribution in [-0.2, 0) is 25.5 Å². The van der Waals surface area contributed by atoms with Crippen LogP contribution in [0.5, 0.6) is 0 Å². The van der Waals surface area contributed by atoms with Crippen molar-refractivity contribution < 1.29 is 28.6 Å². The van der Waals surface area contributed by atoms with Gasteiger partial charge < -0.3 is 19.5 Å².